The van der Waals surface area contributed by atoms with Gasteiger partial charge in [-0.05, 0) is 12.1 Å². The lowest BCUT2D eigenvalue weighted by molar-refractivity contribution is 0.0983. The minimum atomic E-state index is -0.166. The van der Waals surface area contributed by atoms with Crippen molar-refractivity contribution < 1.29 is 4.79 Å². The molecule has 0 fully saturated rings. The SMILES string of the molecule is Nc1ccncc1CC(=O)c1ncccn1. The van der Waals surface area contributed by atoms with Crippen molar-refractivity contribution in [1.29, 1.82) is 0 Å². The Hall–Kier alpha value is -2.30. The average Bonchev–Trinajstić information content (AvgIpc) is 2.33. The molecule has 2 heterocycles. The maximum Gasteiger partial charge on any atom is 0.204 e. The highest BCUT2D eigenvalue weighted by atomic mass is 16.1. The van der Waals surface area contributed by atoms with Gasteiger partial charge in [0.25, 0.3) is 0 Å². The molecule has 2 rings (SSSR count). The number of carbonyl (C=O) groups excluding carboxylic acids is 1. The number of aromatic nitrogens is 3. The first-order valence-electron chi connectivity index (χ1n) is 4.76. The van der Waals surface area contributed by atoms with Crippen LogP contribution in [0.2, 0.25) is 0 Å². The normalized spacial score (nSPS) is 10.0. The zero-order valence-corrected chi connectivity index (χ0v) is 8.50. The molecule has 0 aliphatic heterocycles. The molecular formula is C11H10N4O. The second-order valence-electron chi connectivity index (χ2n) is 3.25. The highest BCUT2D eigenvalue weighted by molar-refractivity contribution is 5.94. The molecule has 16 heavy (non-hydrogen) atoms. The van der Waals surface area contributed by atoms with Crippen LogP contribution in [0, 0.1) is 0 Å². The van der Waals surface area contributed by atoms with Gasteiger partial charge in [0.05, 0.1) is 0 Å². The zero-order chi connectivity index (χ0) is 11.4. The van der Waals surface area contributed by atoms with Crippen LogP contribution in [0.5, 0.6) is 0 Å². The summed E-state index contributed by atoms with van der Waals surface area (Å²) in [7, 11) is 0. The number of anilines is 1. The van der Waals surface area contributed by atoms with Gasteiger partial charge in [-0.2, -0.15) is 0 Å². The highest BCUT2D eigenvalue weighted by Crippen LogP contribution is 2.10. The van der Waals surface area contributed by atoms with Crippen molar-refractivity contribution in [2.75, 3.05) is 5.73 Å². The van der Waals surface area contributed by atoms with E-state index >= 15 is 0 Å². The van der Waals surface area contributed by atoms with Crippen molar-refractivity contribution in [1.82, 2.24) is 15.0 Å². The number of hydrogen-bond donors (Lipinski definition) is 1. The molecule has 5 nitrogen and oxygen atoms in total. The van der Waals surface area contributed by atoms with E-state index in [1.165, 1.54) is 12.4 Å². The molecule has 0 aliphatic rings. The standard InChI is InChI=1S/C11H10N4O/c12-9-2-5-13-7-8(9)6-10(16)11-14-3-1-4-15-11/h1-5,7H,6H2,(H2,12,13). The number of ketones is 1. The van der Waals surface area contributed by atoms with Gasteiger partial charge in [-0.1, -0.05) is 0 Å². The van der Waals surface area contributed by atoms with Crippen molar-refractivity contribution in [3.63, 3.8) is 0 Å². The first-order valence-corrected chi connectivity index (χ1v) is 4.76. The van der Waals surface area contributed by atoms with Gasteiger partial charge in [0.1, 0.15) is 0 Å². The minimum absolute atomic E-state index is 0.166. The van der Waals surface area contributed by atoms with Gasteiger partial charge in [0.2, 0.25) is 5.78 Å². The summed E-state index contributed by atoms with van der Waals surface area (Å²) < 4.78 is 0. The van der Waals surface area contributed by atoms with Crippen molar-refractivity contribution >= 4 is 11.5 Å². The lowest BCUT2D eigenvalue weighted by Gasteiger charge is -2.02. The molecule has 2 aromatic rings. The lowest BCUT2D eigenvalue weighted by Crippen LogP contribution is -2.09. The Morgan fingerprint density at radius 3 is 2.69 bits per heavy atom. The Labute approximate surface area is 92.4 Å². The predicted molar refractivity (Wildman–Crippen MR) is 58.7 cm³/mol. The number of Topliss-reactive ketones (excluding diaryl/α,β-unsaturated/α-hetero) is 1. The summed E-state index contributed by atoms with van der Waals surface area (Å²) in [5.41, 5.74) is 6.96. The molecule has 0 radical (unpaired) electrons. The van der Waals surface area contributed by atoms with Gasteiger partial charge in [0.15, 0.2) is 5.82 Å². The summed E-state index contributed by atoms with van der Waals surface area (Å²) in [6, 6.07) is 3.32. The molecule has 0 atom stereocenters. The summed E-state index contributed by atoms with van der Waals surface area (Å²) >= 11 is 0. The van der Waals surface area contributed by atoms with E-state index in [-0.39, 0.29) is 18.0 Å². The van der Waals surface area contributed by atoms with E-state index in [0.29, 0.717) is 11.3 Å². The minimum Gasteiger partial charge on any atom is -0.398 e. The lowest BCUT2D eigenvalue weighted by atomic mass is 10.1. The molecule has 0 saturated heterocycles. The number of pyridine rings is 1. The second-order valence-corrected chi connectivity index (χ2v) is 3.25. The summed E-state index contributed by atoms with van der Waals surface area (Å²) in [6.07, 6.45) is 6.40. The first kappa shape index (κ1) is 10.2. The van der Waals surface area contributed by atoms with Gasteiger partial charge in [-0.25, -0.2) is 9.97 Å². The summed E-state index contributed by atoms with van der Waals surface area (Å²) in [4.78, 5) is 23.4. The third-order valence-corrected chi connectivity index (χ3v) is 2.11. The number of carbonyl (C=O) groups is 1. The van der Waals surface area contributed by atoms with Crippen LogP contribution >= 0.6 is 0 Å². The summed E-state index contributed by atoms with van der Waals surface area (Å²) in [6.45, 7) is 0. The van der Waals surface area contributed by atoms with Gasteiger partial charge in [-0.3, -0.25) is 9.78 Å². The van der Waals surface area contributed by atoms with E-state index in [1.807, 2.05) is 0 Å². The van der Waals surface area contributed by atoms with E-state index in [4.69, 9.17) is 5.73 Å². The third kappa shape index (κ3) is 2.20. The second kappa shape index (κ2) is 4.48. The van der Waals surface area contributed by atoms with E-state index in [9.17, 15) is 4.79 Å². The monoisotopic (exact) mass is 214 g/mol. The van der Waals surface area contributed by atoms with Crippen molar-refractivity contribution in [2.24, 2.45) is 0 Å². The van der Waals surface area contributed by atoms with Gasteiger partial charge in [-0.15, -0.1) is 0 Å². The fourth-order valence-electron chi connectivity index (χ4n) is 1.28. The topological polar surface area (TPSA) is 81.8 Å². The Kier molecular flexibility index (Phi) is 2.86. The molecule has 0 unspecified atom stereocenters. The summed E-state index contributed by atoms with van der Waals surface area (Å²) in [5.74, 6) is 0.0334. The molecule has 0 aliphatic carbocycles. The van der Waals surface area contributed by atoms with Gasteiger partial charge in [0, 0.05) is 42.5 Å². The Bertz CT molecular complexity index is 498. The zero-order valence-electron chi connectivity index (χ0n) is 8.50. The number of rotatable bonds is 3. The number of nitrogens with zero attached hydrogens (tertiary/aromatic N) is 3. The van der Waals surface area contributed by atoms with Crippen LogP contribution in [0.4, 0.5) is 5.69 Å². The molecule has 2 aromatic heterocycles. The predicted octanol–water partition coefficient (Wildman–Crippen LogP) is 0.879. The molecular weight excluding hydrogens is 204 g/mol. The fourth-order valence-corrected chi connectivity index (χ4v) is 1.28. The van der Waals surface area contributed by atoms with E-state index < -0.39 is 0 Å². The van der Waals surface area contributed by atoms with Crippen molar-refractivity contribution in [3.8, 4) is 0 Å². The van der Waals surface area contributed by atoms with E-state index in [2.05, 4.69) is 15.0 Å². The Balaban J connectivity index is 2.18. The van der Waals surface area contributed by atoms with Crippen LogP contribution < -0.4 is 5.73 Å². The first-order chi connectivity index (χ1) is 7.77. The number of nitrogens with two attached hydrogens (primary N) is 1. The quantitative estimate of drug-likeness (QED) is 0.767. The largest absolute Gasteiger partial charge is 0.398 e. The molecule has 0 spiro atoms. The molecule has 0 aromatic carbocycles. The van der Waals surface area contributed by atoms with Crippen LogP contribution in [0.3, 0.4) is 0 Å². The molecule has 0 amide bonds. The van der Waals surface area contributed by atoms with Crippen molar-refractivity contribution in [2.45, 2.75) is 6.42 Å². The van der Waals surface area contributed by atoms with Crippen molar-refractivity contribution in [3.05, 3.63) is 48.3 Å². The smallest absolute Gasteiger partial charge is 0.204 e. The number of hydrogen-bond acceptors (Lipinski definition) is 5. The van der Waals surface area contributed by atoms with E-state index in [0.717, 1.165) is 0 Å². The average molecular weight is 214 g/mol. The Morgan fingerprint density at radius 1 is 1.25 bits per heavy atom. The highest BCUT2D eigenvalue weighted by Gasteiger charge is 2.11. The van der Waals surface area contributed by atoms with Gasteiger partial charge >= 0.3 is 0 Å². The van der Waals surface area contributed by atoms with Crippen LogP contribution in [0.15, 0.2) is 36.9 Å². The van der Waals surface area contributed by atoms with Crippen LogP contribution in [0.1, 0.15) is 16.2 Å². The summed E-state index contributed by atoms with van der Waals surface area (Å²) in [5, 5.41) is 0. The molecule has 5 heteroatoms. The maximum atomic E-state index is 11.8. The third-order valence-electron chi connectivity index (χ3n) is 2.11. The number of nitrogen functional groups attached to an aromatic ring is 1. The Morgan fingerprint density at radius 2 is 2.00 bits per heavy atom. The molecule has 80 valence electrons. The van der Waals surface area contributed by atoms with Crippen LogP contribution in [0.25, 0.3) is 0 Å². The molecule has 0 saturated carbocycles. The fraction of sp³-hybridized carbons (Fsp3) is 0.0909. The van der Waals surface area contributed by atoms with Crippen LogP contribution in [-0.2, 0) is 6.42 Å². The molecule has 0 bridgehead atoms. The van der Waals surface area contributed by atoms with Gasteiger partial charge < -0.3 is 5.73 Å². The maximum absolute atomic E-state index is 11.8. The molecule has 2 N–H and O–H groups in total. The van der Waals surface area contributed by atoms with Crippen LogP contribution in [-0.4, -0.2) is 20.7 Å². The van der Waals surface area contributed by atoms with E-state index in [1.54, 1.807) is 24.5 Å².